The van der Waals surface area contributed by atoms with Crippen LogP contribution < -0.4 is 0 Å². The maximum atomic E-state index is 12.6. The number of hydrogen-bond acceptors (Lipinski definition) is 5. The van der Waals surface area contributed by atoms with Gasteiger partial charge in [-0.3, -0.25) is 4.79 Å². The second-order valence-corrected chi connectivity index (χ2v) is 8.75. The quantitative estimate of drug-likeness (QED) is 0.397. The Hall–Kier alpha value is -0.960. The van der Waals surface area contributed by atoms with Gasteiger partial charge < -0.3 is 0 Å². The predicted molar refractivity (Wildman–Crippen MR) is 106 cm³/mol. The van der Waals surface area contributed by atoms with Gasteiger partial charge in [-0.15, -0.1) is 22.7 Å². The molecule has 3 aromatic rings. The van der Waals surface area contributed by atoms with E-state index in [-0.39, 0.29) is 5.82 Å². The van der Waals surface area contributed by atoms with E-state index in [0.29, 0.717) is 4.88 Å². The third kappa shape index (κ3) is 7.74. The molecule has 0 amide bonds. The molecule has 0 N–H and O–H groups in total. The zero-order valence-corrected chi connectivity index (χ0v) is 17.8. The number of rotatable bonds is 3. The van der Waals surface area contributed by atoms with Gasteiger partial charge in [-0.05, 0) is 49.6 Å². The van der Waals surface area contributed by atoms with Crippen molar-refractivity contribution in [2.24, 2.45) is 0 Å². The SMILES string of the molecule is CC.Fc1ccc(Cc2cnc(Br)s2)cc1.O=Cc1cnc(Br)s1. The number of nitrogens with zero attached hydrogens (tertiary/aromatic N) is 2. The van der Waals surface area contributed by atoms with Crippen molar-refractivity contribution >= 4 is 60.8 Å². The van der Waals surface area contributed by atoms with E-state index < -0.39 is 0 Å². The first-order valence-corrected chi connectivity index (χ1v) is 10.2. The standard InChI is InChI=1S/C10H7BrFNS.C4H2BrNOS.C2H6/c11-10-13-6-9(14-10)5-7-1-3-8(12)4-2-7;5-4-6-1-3(2-7)8-4;1-2/h1-4,6H,5H2;1-2H;1-2H3. The van der Waals surface area contributed by atoms with Crippen LogP contribution in [0.4, 0.5) is 4.39 Å². The Bertz CT molecular complexity index is 745. The lowest BCUT2D eigenvalue weighted by Crippen LogP contribution is -1.84. The van der Waals surface area contributed by atoms with Gasteiger partial charge in [0.1, 0.15) is 5.82 Å². The number of thiazole rings is 2. The fraction of sp³-hybridized carbons (Fsp3) is 0.188. The largest absolute Gasteiger partial charge is 0.297 e. The summed E-state index contributed by atoms with van der Waals surface area (Å²) >= 11 is 9.35. The Morgan fingerprint density at radius 1 is 1.04 bits per heavy atom. The van der Waals surface area contributed by atoms with Crippen molar-refractivity contribution in [3.05, 3.63) is 65.6 Å². The van der Waals surface area contributed by atoms with Gasteiger partial charge in [-0.1, -0.05) is 26.0 Å². The van der Waals surface area contributed by atoms with Crippen LogP contribution in [0, 0.1) is 5.82 Å². The summed E-state index contributed by atoms with van der Waals surface area (Å²) in [5, 5.41) is 0. The average Bonchev–Trinajstić information content (AvgIpc) is 3.20. The third-order valence-electron chi connectivity index (χ3n) is 2.43. The topological polar surface area (TPSA) is 42.9 Å². The normalized spacial score (nSPS) is 9.38. The van der Waals surface area contributed by atoms with Gasteiger partial charge in [0.2, 0.25) is 0 Å². The third-order valence-corrected chi connectivity index (χ3v) is 5.31. The van der Waals surface area contributed by atoms with Crippen LogP contribution in [0.3, 0.4) is 0 Å². The van der Waals surface area contributed by atoms with Crippen LogP contribution in [-0.4, -0.2) is 16.3 Å². The van der Waals surface area contributed by atoms with Gasteiger partial charge in [0.05, 0.1) is 4.88 Å². The zero-order valence-electron chi connectivity index (χ0n) is 13.0. The van der Waals surface area contributed by atoms with Crippen molar-refractivity contribution in [2.45, 2.75) is 20.3 Å². The minimum atomic E-state index is -0.195. The second-order valence-electron chi connectivity index (χ2n) is 4.02. The van der Waals surface area contributed by atoms with E-state index in [1.165, 1.54) is 34.5 Å². The van der Waals surface area contributed by atoms with Crippen molar-refractivity contribution in [2.75, 3.05) is 0 Å². The summed E-state index contributed by atoms with van der Waals surface area (Å²) in [5.41, 5.74) is 1.10. The molecule has 0 radical (unpaired) electrons. The molecule has 2 aromatic heterocycles. The summed E-state index contributed by atoms with van der Waals surface area (Å²) in [5.74, 6) is -0.195. The summed E-state index contributed by atoms with van der Waals surface area (Å²) in [6.07, 6.45) is 4.95. The number of hydrogen-bond donors (Lipinski definition) is 0. The molecule has 3 nitrogen and oxygen atoms in total. The van der Waals surface area contributed by atoms with E-state index in [4.69, 9.17) is 0 Å². The Morgan fingerprint density at radius 3 is 2.04 bits per heavy atom. The summed E-state index contributed by atoms with van der Waals surface area (Å²) in [6, 6.07) is 6.54. The molecule has 2 heterocycles. The van der Waals surface area contributed by atoms with E-state index in [1.807, 2.05) is 20.0 Å². The monoisotopic (exact) mass is 492 g/mol. The molecule has 0 spiro atoms. The fourth-order valence-corrected chi connectivity index (χ4v) is 4.00. The van der Waals surface area contributed by atoms with E-state index in [2.05, 4.69) is 41.8 Å². The van der Waals surface area contributed by atoms with Crippen molar-refractivity contribution < 1.29 is 9.18 Å². The molecule has 24 heavy (non-hydrogen) atoms. The van der Waals surface area contributed by atoms with E-state index in [9.17, 15) is 9.18 Å². The van der Waals surface area contributed by atoms with Crippen LogP contribution in [0.5, 0.6) is 0 Å². The Balaban J connectivity index is 0.000000245. The highest BCUT2D eigenvalue weighted by atomic mass is 79.9. The molecule has 0 saturated carbocycles. The van der Waals surface area contributed by atoms with Crippen LogP contribution in [0.2, 0.25) is 0 Å². The molecule has 128 valence electrons. The van der Waals surface area contributed by atoms with E-state index in [0.717, 1.165) is 26.1 Å². The summed E-state index contributed by atoms with van der Waals surface area (Å²) < 4.78 is 14.2. The molecule has 0 unspecified atom stereocenters. The summed E-state index contributed by atoms with van der Waals surface area (Å²) in [4.78, 5) is 19.7. The summed E-state index contributed by atoms with van der Waals surface area (Å²) in [7, 11) is 0. The first-order chi connectivity index (χ1) is 11.6. The molecule has 0 fully saturated rings. The van der Waals surface area contributed by atoms with E-state index >= 15 is 0 Å². The molecular weight excluding hydrogens is 479 g/mol. The fourth-order valence-electron chi connectivity index (χ4n) is 1.49. The van der Waals surface area contributed by atoms with Gasteiger partial charge in [0.15, 0.2) is 14.1 Å². The smallest absolute Gasteiger partial charge is 0.161 e. The minimum Gasteiger partial charge on any atom is -0.297 e. The van der Waals surface area contributed by atoms with Gasteiger partial charge in [0.25, 0.3) is 0 Å². The molecule has 1 aromatic carbocycles. The van der Waals surface area contributed by atoms with Crippen LogP contribution in [0.15, 0.2) is 44.5 Å². The zero-order chi connectivity index (χ0) is 17.9. The lowest BCUT2D eigenvalue weighted by atomic mass is 10.1. The lowest BCUT2D eigenvalue weighted by molar-refractivity contribution is 0.112. The van der Waals surface area contributed by atoms with Crippen LogP contribution >= 0.6 is 54.5 Å². The predicted octanol–water partition coefficient (Wildman–Crippen LogP) is 6.38. The Kier molecular flexibility index (Phi) is 10.2. The highest BCUT2D eigenvalue weighted by Crippen LogP contribution is 2.21. The number of benzene rings is 1. The molecule has 0 bridgehead atoms. The molecule has 0 aliphatic carbocycles. The first kappa shape index (κ1) is 21.1. The average molecular weight is 494 g/mol. The van der Waals surface area contributed by atoms with Crippen LogP contribution in [-0.2, 0) is 6.42 Å². The van der Waals surface area contributed by atoms with Crippen molar-refractivity contribution in [3.63, 3.8) is 0 Å². The summed E-state index contributed by atoms with van der Waals surface area (Å²) in [6.45, 7) is 4.00. The highest BCUT2D eigenvalue weighted by molar-refractivity contribution is 9.11. The van der Waals surface area contributed by atoms with Crippen molar-refractivity contribution in [3.8, 4) is 0 Å². The first-order valence-electron chi connectivity index (χ1n) is 6.98. The van der Waals surface area contributed by atoms with Crippen molar-refractivity contribution in [1.82, 2.24) is 9.97 Å². The maximum Gasteiger partial charge on any atom is 0.161 e. The lowest BCUT2D eigenvalue weighted by Gasteiger charge is -1.96. The van der Waals surface area contributed by atoms with Gasteiger partial charge >= 0.3 is 0 Å². The molecule has 0 aliphatic heterocycles. The van der Waals surface area contributed by atoms with Gasteiger partial charge in [-0.25, -0.2) is 14.4 Å². The van der Waals surface area contributed by atoms with Gasteiger partial charge in [0, 0.05) is 23.7 Å². The molecule has 0 atom stereocenters. The number of aromatic nitrogens is 2. The number of halogens is 3. The molecule has 0 saturated heterocycles. The number of carbonyl (C=O) groups excluding carboxylic acids is 1. The van der Waals surface area contributed by atoms with Crippen LogP contribution in [0.1, 0.15) is 34.0 Å². The van der Waals surface area contributed by atoms with E-state index in [1.54, 1.807) is 23.5 Å². The molecule has 3 rings (SSSR count). The second kappa shape index (κ2) is 11.6. The Morgan fingerprint density at radius 2 is 1.62 bits per heavy atom. The Labute approximate surface area is 165 Å². The minimum absolute atomic E-state index is 0.195. The molecule has 0 aliphatic rings. The number of aldehydes is 1. The van der Waals surface area contributed by atoms with Crippen LogP contribution in [0.25, 0.3) is 0 Å². The highest BCUT2D eigenvalue weighted by Gasteiger charge is 2.00. The molecule has 8 heteroatoms. The maximum absolute atomic E-state index is 12.6. The van der Waals surface area contributed by atoms with Crippen molar-refractivity contribution in [1.29, 1.82) is 0 Å². The molecular formula is C16H15Br2FN2OS2. The number of carbonyl (C=O) groups is 1. The van der Waals surface area contributed by atoms with Gasteiger partial charge in [-0.2, -0.15) is 0 Å².